The van der Waals surface area contributed by atoms with Crippen LogP contribution in [0.3, 0.4) is 0 Å². The summed E-state index contributed by atoms with van der Waals surface area (Å²) in [5.74, 6) is -3.92. The van der Waals surface area contributed by atoms with Crippen LogP contribution in [-0.2, 0) is 33.4 Å². The lowest BCUT2D eigenvalue weighted by molar-refractivity contribution is -0.168. The molecule has 0 rings (SSSR count). The Morgan fingerprint density at radius 2 is 1.63 bits per heavy atom. The van der Waals surface area contributed by atoms with E-state index in [1.807, 2.05) is 0 Å². The van der Waals surface area contributed by atoms with Crippen molar-refractivity contribution in [1.82, 2.24) is 0 Å². The second-order valence-electron chi connectivity index (χ2n) is 3.77. The first-order valence-electron chi connectivity index (χ1n) is 5.75. The lowest BCUT2D eigenvalue weighted by Crippen LogP contribution is -2.35. The van der Waals surface area contributed by atoms with Gasteiger partial charge in [-0.25, -0.2) is 4.79 Å². The van der Waals surface area contributed by atoms with Crippen LogP contribution in [0.4, 0.5) is 0 Å². The van der Waals surface area contributed by atoms with E-state index in [9.17, 15) is 19.2 Å². The molecule has 0 unspecified atom stereocenters. The van der Waals surface area contributed by atoms with Crippen molar-refractivity contribution in [2.75, 3.05) is 13.7 Å². The first-order valence-corrected chi connectivity index (χ1v) is 5.75. The van der Waals surface area contributed by atoms with Crippen LogP contribution in [0, 0.1) is 5.92 Å². The van der Waals surface area contributed by atoms with Crippen molar-refractivity contribution >= 4 is 23.7 Å². The van der Waals surface area contributed by atoms with E-state index in [1.165, 1.54) is 6.92 Å². The largest absolute Gasteiger partial charge is 0.466 e. The van der Waals surface area contributed by atoms with Gasteiger partial charge in [0.15, 0.2) is 6.10 Å². The van der Waals surface area contributed by atoms with E-state index in [2.05, 4.69) is 4.74 Å². The van der Waals surface area contributed by atoms with E-state index < -0.39 is 35.7 Å². The van der Waals surface area contributed by atoms with Gasteiger partial charge in [0.2, 0.25) is 0 Å². The number of carbonyl (C=O) groups excluding carboxylic acids is 4. The fourth-order valence-corrected chi connectivity index (χ4v) is 1.41. The zero-order chi connectivity index (χ0) is 15.0. The van der Waals surface area contributed by atoms with Crippen molar-refractivity contribution in [1.29, 1.82) is 0 Å². The van der Waals surface area contributed by atoms with Gasteiger partial charge >= 0.3 is 17.9 Å². The summed E-state index contributed by atoms with van der Waals surface area (Å²) in [6, 6.07) is 0. The molecule has 7 nitrogen and oxygen atoms in total. The predicted octanol–water partition coefficient (Wildman–Crippen LogP) is 0.249. The second-order valence-corrected chi connectivity index (χ2v) is 3.77. The summed E-state index contributed by atoms with van der Waals surface area (Å²) >= 11 is 0. The third-order valence-corrected chi connectivity index (χ3v) is 2.28. The maximum Gasteiger partial charge on any atom is 0.347 e. The summed E-state index contributed by atoms with van der Waals surface area (Å²) in [5, 5.41) is 0. The fraction of sp³-hybridized carbons (Fsp3) is 0.667. The van der Waals surface area contributed by atoms with Crippen molar-refractivity contribution < 1.29 is 33.4 Å². The molecule has 7 heteroatoms. The second kappa shape index (κ2) is 8.23. The number of methoxy groups -OCH3 is 1. The van der Waals surface area contributed by atoms with Gasteiger partial charge in [0, 0.05) is 13.3 Å². The maximum atomic E-state index is 11.6. The SMILES string of the molecule is CCOC(=O)[C@@H](C[C@H](OC(C)=O)C(=O)OC)C(C)=O. The molecule has 108 valence electrons. The van der Waals surface area contributed by atoms with Crippen LogP contribution in [-0.4, -0.2) is 43.5 Å². The number of hydrogen-bond donors (Lipinski definition) is 0. The quantitative estimate of drug-likeness (QED) is 0.373. The summed E-state index contributed by atoms with van der Waals surface area (Å²) in [5.41, 5.74) is 0. The van der Waals surface area contributed by atoms with Gasteiger partial charge in [-0.05, 0) is 13.8 Å². The summed E-state index contributed by atoms with van der Waals surface area (Å²) in [4.78, 5) is 45.3. The minimum Gasteiger partial charge on any atom is -0.466 e. The van der Waals surface area contributed by atoms with E-state index in [0.29, 0.717) is 0 Å². The van der Waals surface area contributed by atoms with E-state index in [1.54, 1.807) is 6.92 Å². The molecule has 0 aromatic rings. The molecule has 2 atom stereocenters. The number of esters is 3. The standard InChI is InChI=1S/C12H18O7/c1-5-18-11(15)9(7(2)13)6-10(12(16)17-4)19-8(3)14/h9-10H,5-6H2,1-4H3/t9-,10-/m0/s1. The molecule has 0 saturated carbocycles. The average molecular weight is 274 g/mol. The highest BCUT2D eigenvalue weighted by molar-refractivity contribution is 5.98. The topological polar surface area (TPSA) is 96.0 Å². The number of carbonyl (C=O) groups is 4. The van der Waals surface area contributed by atoms with Crippen molar-refractivity contribution in [3.8, 4) is 0 Å². The van der Waals surface area contributed by atoms with Gasteiger partial charge in [-0.3, -0.25) is 14.4 Å². The van der Waals surface area contributed by atoms with Crippen molar-refractivity contribution in [3.63, 3.8) is 0 Å². The van der Waals surface area contributed by atoms with Crippen LogP contribution in [0.25, 0.3) is 0 Å². The monoisotopic (exact) mass is 274 g/mol. The molecule has 0 aliphatic carbocycles. The molecular formula is C12H18O7. The Morgan fingerprint density at radius 1 is 1.05 bits per heavy atom. The Labute approximate surface area is 111 Å². The van der Waals surface area contributed by atoms with Crippen LogP contribution >= 0.6 is 0 Å². The van der Waals surface area contributed by atoms with E-state index in [0.717, 1.165) is 14.0 Å². The van der Waals surface area contributed by atoms with Gasteiger partial charge in [-0.15, -0.1) is 0 Å². The summed E-state index contributed by atoms with van der Waals surface area (Å²) in [6.07, 6.45) is -1.60. The molecule has 0 amide bonds. The van der Waals surface area contributed by atoms with Crippen LogP contribution in [0.15, 0.2) is 0 Å². The Morgan fingerprint density at radius 3 is 2.00 bits per heavy atom. The van der Waals surface area contributed by atoms with Gasteiger partial charge in [0.1, 0.15) is 11.7 Å². The number of ketones is 1. The minimum absolute atomic E-state index is 0.110. The molecule has 0 radical (unpaired) electrons. The molecule has 0 N–H and O–H groups in total. The Bertz CT molecular complexity index is 361. The van der Waals surface area contributed by atoms with E-state index >= 15 is 0 Å². The van der Waals surface area contributed by atoms with Gasteiger partial charge in [0.25, 0.3) is 0 Å². The van der Waals surface area contributed by atoms with Crippen LogP contribution in [0.5, 0.6) is 0 Å². The molecule has 0 saturated heterocycles. The molecule has 0 aliphatic heterocycles. The molecule has 0 fully saturated rings. The number of hydrogen-bond acceptors (Lipinski definition) is 7. The average Bonchev–Trinajstić information content (AvgIpc) is 2.32. The highest BCUT2D eigenvalue weighted by Crippen LogP contribution is 2.15. The zero-order valence-corrected chi connectivity index (χ0v) is 11.4. The molecule has 0 spiro atoms. The van der Waals surface area contributed by atoms with E-state index in [4.69, 9.17) is 9.47 Å². The molecule has 19 heavy (non-hydrogen) atoms. The summed E-state index contributed by atoms with van der Waals surface area (Å²) < 4.78 is 13.9. The molecule has 0 heterocycles. The normalized spacial score (nSPS) is 13.1. The highest BCUT2D eigenvalue weighted by Gasteiger charge is 2.33. The van der Waals surface area contributed by atoms with Crippen LogP contribution < -0.4 is 0 Å². The lowest BCUT2D eigenvalue weighted by atomic mass is 9.97. The van der Waals surface area contributed by atoms with Gasteiger partial charge in [0.05, 0.1) is 13.7 Å². The maximum absolute atomic E-state index is 11.6. The molecule has 0 aromatic carbocycles. The van der Waals surface area contributed by atoms with Crippen molar-refractivity contribution in [2.45, 2.75) is 33.3 Å². The van der Waals surface area contributed by atoms with Crippen LogP contribution in [0.2, 0.25) is 0 Å². The van der Waals surface area contributed by atoms with Gasteiger partial charge in [-0.2, -0.15) is 0 Å². The molecule has 0 aliphatic rings. The number of ether oxygens (including phenoxy) is 3. The van der Waals surface area contributed by atoms with Crippen LogP contribution in [0.1, 0.15) is 27.2 Å². The number of Topliss-reactive ketones (excluding diaryl/α,β-unsaturated/α-hetero) is 1. The molecular weight excluding hydrogens is 256 g/mol. The smallest absolute Gasteiger partial charge is 0.347 e. The summed E-state index contributed by atoms with van der Waals surface area (Å²) in [6.45, 7) is 4.02. The predicted molar refractivity (Wildman–Crippen MR) is 63.0 cm³/mol. The first-order chi connectivity index (χ1) is 8.83. The fourth-order valence-electron chi connectivity index (χ4n) is 1.41. The Hall–Kier alpha value is -1.92. The number of rotatable bonds is 7. The Kier molecular flexibility index (Phi) is 7.40. The molecule has 0 bridgehead atoms. The molecule has 0 aromatic heterocycles. The minimum atomic E-state index is -1.30. The van der Waals surface area contributed by atoms with Gasteiger partial charge < -0.3 is 14.2 Å². The van der Waals surface area contributed by atoms with Crippen molar-refractivity contribution in [3.05, 3.63) is 0 Å². The third kappa shape index (κ3) is 5.98. The Balaban J connectivity index is 4.92. The lowest BCUT2D eigenvalue weighted by Gasteiger charge is -2.18. The highest BCUT2D eigenvalue weighted by atomic mass is 16.6. The third-order valence-electron chi connectivity index (χ3n) is 2.28. The first kappa shape index (κ1) is 17.1. The van der Waals surface area contributed by atoms with Crippen molar-refractivity contribution in [2.24, 2.45) is 5.92 Å². The van der Waals surface area contributed by atoms with Gasteiger partial charge in [-0.1, -0.05) is 0 Å². The summed E-state index contributed by atoms with van der Waals surface area (Å²) in [7, 11) is 1.12. The van der Waals surface area contributed by atoms with E-state index in [-0.39, 0.29) is 13.0 Å². The zero-order valence-electron chi connectivity index (χ0n) is 11.4.